The number of carbonyl (C=O) groups is 1. The summed E-state index contributed by atoms with van der Waals surface area (Å²) in [6, 6.07) is 5.23. The number of carbonyl (C=O) groups excluding carboxylic acids is 1. The van der Waals surface area contributed by atoms with Crippen molar-refractivity contribution in [3.05, 3.63) is 33.3 Å². The van der Waals surface area contributed by atoms with Crippen LogP contribution in [0.4, 0.5) is 0 Å². The van der Waals surface area contributed by atoms with Gasteiger partial charge in [0.2, 0.25) is 0 Å². The Bertz CT molecular complexity index is 435. The zero-order valence-electron chi connectivity index (χ0n) is 9.25. The fourth-order valence-electron chi connectivity index (χ4n) is 1.76. The van der Waals surface area contributed by atoms with Gasteiger partial charge in [-0.05, 0) is 52.9 Å². The molecule has 3 N–H and O–H groups in total. The van der Waals surface area contributed by atoms with Gasteiger partial charge in [-0.3, -0.25) is 4.79 Å². The highest BCUT2D eigenvalue weighted by Crippen LogP contribution is 2.32. The van der Waals surface area contributed by atoms with E-state index in [1.807, 2.05) is 0 Å². The number of halogens is 2. The zero-order chi connectivity index (χ0) is 12.4. The lowest BCUT2D eigenvalue weighted by Crippen LogP contribution is -2.41. The Labute approximate surface area is 114 Å². The van der Waals surface area contributed by atoms with E-state index in [9.17, 15) is 4.79 Å². The molecule has 1 saturated carbocycles. The van der Waals surface area contributed by atoms with Crippen molar-refractivity contribution >= 4 is 33.4 Å². The number of nitrogens with one attached hydrogen (secondary N) is 1. The fourth-order valence-corrected chi connectivity index (χ4v) is 2.25. The van der Waals surface area contributed by atoms with Crippen LogP contribution < -0.4 is 11.1 Å². The third-order valence-electron chi connectivity index (χ3n) is 2.94. The molecule has 5 heteroatoms. The molecule has 0 spiro atoms. The number of benzene rings is 1. The van der Waals surface area contributed by atoms with Gasteiger partial charge in [-0.1, -0.05) is 11.6 Å². The van der Waals surface area contributed by atoms with E-state index in [1.165, 1.54) is 0 Å². The minimum absolute atomic E-state index is 0.0929. The number of nitrogens with two attached hydrogens (primary N) is 1. The standard InChI is InChI=1S/C12H14BrClN2O/c13-9-5-8(3-4-10(9)14)12(17)16-11(6-15)7-1-2-7/h3-5,7,11H,1-2,6,15H2,(H,16,17). The summed E-state index contributed by atoms with van der Waals surface area (Å²) in [5.41, 5.74) is 6.25. The molecule has 0 bridgehead atoms. The van der Waals surface area contributed by atoms with Crippen LogP contribution in [0.5, 0.6) is 0 Å². The first-order valence-electron chi connectivity index (χ1n) is 5.58. The summed E-state index contributed by atoms with van der Waals surface area (Å²) in [6.45, 7) is 0.491. The first kappa shape index (κ1) is 12.9. The SMILES string of the molecule is NCC(NC(=O)c1ccc(Cl)c(Br)c1)C1CC1. The van der Waals surface area contributed by atoms with Gasteiger partial charge < -0.3 is 11.1 Å². The lowest BCUT2D eigenvalue weighted by molar-refractivity contribution is 0.0933. The van der Waals surface area contributed by atoms with Crippen molar-refractivity contribution in [2.45, 2.75) is 18.9 Å². The van der Waals surface area contributed by atoms with E-state index < -0.39 is 0 Å². The van der Waals surface area contributed by atoms with Gasteiger partial charge in [0.05, 0.1) is 5.02 Å². The fraction of sp³-hybridized carbons (Fsp3) is 0.417. The Balaban J connectivity index is 2.05. The van der Waals surface area contributed by atoms with Gasteiger partial charge in [-0.15, -0.1) is 0 Å². The van der Waals surface area contributed by atoms with Gasteiger partial charge in [0, 0.05) is 22.6 Å². The number of rotatable bonds is 4. The molecule has 0 aliphatic heterocycles. The van der Waals surface area contributed by atoms with Gasteiger partial charge in [-0.25, -0.2) is 0 Å². The lowest BCUT2D eigenvalue weighted by atomic mass is 10.1. The van der Waals surface area contributed by atoms with Crippen molar-refractivity contribution in [3.63, 3.8) is 0 Å². The van der Waals surface area contributed by atoms with E-state index in [-0.39, 0.29) is 11.9 Å². The van der Waals surface area contributed by atoms with Crippen LogP contribution in [0.3, 0.4) is 0 Å². The van der Waals surface area contributed by atoms with Crippen LogP contribution in [-0.2, 0) is 0 Å². The Morgan fingerprint density at radius 2 is 2.29 bits per heavy atom. The van der Waals surface area contributed by atoms with Gasteiger partial charge in [0.1, 0.15) is 0 Å². The summed E-state index contributed by atoms with van der Waals surface area (Å²) in [7, 11) is 0. The number of amides is 1. The van der Waals surface area contributed by atoms with E-state index in [4.69, 9.17) is 17.3 Å². The first-order valence-corrected chi connectivity index (χ1v) is 6.75. The normalized spacial score (nSPS) is 16.6. The molecule has 92 valence electrons. The summed E-state index contributed by atoms with van der Waals surface area (Å²) in [6.07, 6.45) is 2.32. The number of hydrogen-bond donors (Lipinski definition) is 2. The van der Waals surface area contributed by atoms with Crippen LogP contribution in [0.15, 0.2) is 22.7 Å². The van der Waals surface area contributed by atoms with Gasteiger partial charge in [-0.2, -0.15) is 0 Å². The summed E-state index contributed by atoms with van der Waals surface area (Å²) in [5.74, 6) is 0.462. The topological polar surface area (TPSA) is 55.1 Å². The van der Waals surface area contributed by atoms with Crippen molar-refractivity contribution in [1.82, 2.24) is 5.32 Å². The monoisotopic (exact) mass is 316 g/mol. The van der Waals surface area contributed by atoms with E-state index >= 15 is 0 Å². The maximum Gasteiger partial charge on any atom is 0.251 e. The van der Waals surface area contributed by atoms with Crippen molar-refractivity contribution in [3.8, 4) is 0 Å². The molecular weight excluding hydrogens is 304 g/mol. The maximum atomic E-state index is 12.0. The molecule has 17 heavy (non-hydrogen) atoms. The van der Waals surface area contributed by atoms with Crippen LogP contribution in [0, 0.1) is 5.92 Å². The minimum Gasteiger partial charge on any atom is -0.348 e. The first-order chi connectivity index (χ1) is 8.11. The van der Waals surface area contributed by atoms with Gasteiger partial charge >= 0.3 is 0 Å². The summed E-state index contributed by atoms with van der Waals surface area (Å²) in [5, 5.41) is 3.56. The smallest absolute Gasteiger partial charge is 0.251 e. The lowest BCUT2D eigenvalue weighted by Gasteiger charge is -2.16. The van der Waals surface area contributed by atoms with Crippen LogP contribution in [-0.4, -0.2) is 18.5 Å². The molecule has 1 aliphatic rings. The predicted molar refractivity (Wildman–Crippen MR) is 72.2 cm³/mol. The van der Waals surface area contributed by atoms with E-state index in [1.54, 1.807) is 18.2 Å². The molecule has 1 atom stereocenters. The Morgan fingerprint density at radius 1 is 1.59 bits per heavy atom. The molecule has 0 aromatic heterocycles. The molecule has 1 aliphatic carbocycles. The van der Waals surface area contributed by atoms with Gasteiger partial charge in [0.15, 0.2) is 0 Å². The molecule has 1 amide bonds. The molecule has 1 aromatic rings. The summed E-state index contributed by atoms with van der Waals surface area (Å²) < 4.78 is 0.725. The van der Waals surface area contributed by atoms with E-state index in [2.05, 4.69) is 21.2 Å². The third kappa shape index (κ3) is 3.21. The molecule has 1 fully saturated rings. The predicted octanol–water partition coefficient (Wildman–Crippen LogP) is 2.57. The molecular formula is C12H14BrClN2O. The second-order valence-electron chi connectivity index (χ2n) is 4.28. The molecule has 1 aromatic carbocycles. The highest BCUT2D eigenvalue weighted by molar-refractivity contribution is 9.10. The van der Waals surface area contributed by atoms with E-state index in [0.717, 1.165) is 17.3 Å². The highest BCUT2D eigenvalue weighted by Gasteiger charge is 2.31. The van der Waals surface area contributed by atoms with Crippen LogP contribution in [0.2, 0.25) is 5.02 Å². The van der Waals surface area contributed by atoms with Crippen molar-refractivity contribution in [1.29, 1.82) is 0 Å². The molecule has 0 saturated heterocycles. The summed E-state index contributed by atoms with van der Waals surface area (Å²) in [4.78, 5) is 12.0. The van der Waals surface area contributed by atoms with Gasteiger partial charge in [0.25, 0.3) is 5.91 Å². The average Bonchev–Trinajstić information content (AvgIpc) is 3.13. The van der Waals surface area contributed by atoms with Crippen LogP contribution >= 0.6 is 27.5 Å². The van der Waals surface area contributed by atoms with Crippen LogP contribution in [0.25, 0.3) is 0 Å². The zero-order valence-corrected chi connectivity index (χ0v) is 11.6. The quantitative estimate of drug-likeness (QED) is 0.897. The molecule has 2 rings (SSSR count). The molecule has 0 radical (unpaired) electrons. The Morgan fingerprint density at radius 3 is 2.82 bits per heavy atom. The third-order valence-corrected chi connectivity index (χ3v) is 4.16. The molecule has 0 heterocycles. The highest BCUT2D eigenvalue weighted by atomic mass is 79.9. The largest absolute Gasteiger partial charge is 0.348 e. The minimum atomic E-state index is -0.0929. The van der Waals surface area contributed by atoms with Crippen molar-refractivity contribution in [2.75, 3.05) is 6.54 Å². The van der Waals surface area contributed by atoms with E-state index in [0.29, 0.717) is 23.0 Å². The second kappa shape index (κ2) is 5.38. The summed E-state index contributed by atoms with van der Waals surface area (Å²) >= 11 is 9.18. The van der Waals surface area contributed by atoms with Crippen molar-refractivity contribution < 1.29 is 4.79 Å². The number of hydrogen-bond acceptors (Lipinski definition) is 2. The maximum absolute atomic E-state index is 12.0. The van der Waals surface area contributed by atoms with Crippen LogP contribution in [0.1, 0.15) is 23.2 Å². The average molecular weight is 318 g/mol. The second-order valence-corrected chi connectivity index (χ2v) is 5.54. The Hall–Kier alpha value is -0.580. The molecule has 3 nitrogen and oxygen atoms in total. The Kier molecular flexibility index (Phi) is 4.07. The van der Waals surface area contributed by atoms with Crippen molar-refractivity contribution in [2.24, 2.45) is 11.7 Å². The molecule has 1 unspecified atom stereocenters.